The van der Waals surface area contributed by atoms with Crippen molar-refractivity contribution in [1.82, 2.24) is 0 Å². The maximum atomic E-state index is 13.9. The van der Waals surface area contributed by atoms with Gasteiger partial charge in [0.1, 0.15) is 53.2 Å². The molecule has 6 N–H and O–H groups in total. The van der Waals surface area contributed by atoms with Crippen LogP contribution in [0, 0.1) is 11.8 Å². The molecule has 3 aliphatic rings. The second-order valence-electron chi connectivity index (χ2n) is 18.9. The number of hydrogen-bond donors (Lipinski definition) is 6. The Hall–Kier alpha value is -4.43. The SMILES string of the molecule is CCc1cc(O)cc(O)c1C(=O)OC1C(C)OC(OCC2=CC=CCC(O)C(C)=CC(CC)C(OC3OC(C)(C)C(OC(=O)C(C)C)C(O)C3O)C(C)=CC(C)=CCC(CC)OC2=O)C(OC)C1O. The van der Waals surface area contributed by atoms with Crippen LogP contribution in [0.2, 0.25) is 0 Å². The lowest BCUT2D eigenvalue weighted by Crippen LogP contribution is -2.64. The average Bonchev–Trinajstić information content (AvgIpc) is 3.28. The first-order chi connectivity index (χ1) is 32.5. The molecule has 0 bridgehead atoms. The fourth-order valence-corrected chi connectivity index (χ4v) is 8.50. The first kappa shape index (κ1) is 57.2. The molecule has 3 heterocycles. The van der Waals surface area contributed by atoms with Gasteiger partial charge < -0.3 is 68.5 Å². The first-order valence-electron chi connectivity index (χ1n) is 23.9. The van der Waals surface area contributed by atoms with Gasteiger partial charge >= 0.3 is 17.9 Å². The van der Waals surface area contributed by atoms with Crippen LogP contribution in [-0.4, -0.2) is 141 Å². The van der Waals surface area contributed by atoms with Gasteiger partial charge in [-0.05, 0) is 96.1 Å². The summed E-state index contributed by atoms with van der Waals surface area (Å²) in [4.78, 5) is 39.7. The zero-order valence-electron chi connectivity index (χ0n) is 42.1. The summed E-state index contributed by atoms with van der Waals surface area (Å²) in [6, 6.07) is 2.37. The second kappa shape index (κ2) is 25.6. The molecule has 17 nitrogen and oxygen atoms in total. The smallest absolute Gasteiger partial charge is 0.342 e. The van der Waals surface area contributed by atoms with Crippen molar-refractivity contribution >= 4 is 17.9 Å². The maximum Gasteiger partial charge on any atom is 0.342 e. The second-order valence-corrected chi connectivity index (χ2v) is 18.9. The predicted octanol–water partition coefficient (Wildman–Crippen LogP) is 5.96. The number of allylic oxidation sites excluding steroid dienone is 4. The number of carbonyl (C=O) groups is 3. The van der Waals surface area contributed by atoms with Gasteiger partial charge in [-0.25, -0.2) is 9.59 Å². The number of rotatable bonds is 13. The van der Waals surface area contributed by atoms with Crippen molar-refractivity contribution in [2.45, 2.75) is 187 Å². The van der Waals surface area contributed by atoms with E-state index in [1.165, 1.54) is 19.3 Å². The van der Waals surface area contributed by atoms with Crippen LogP contribution in [0.1, 0.15) is 118 Å². The third kappa shape index (κ3) is 14.8. The summed E-state index contributed by atoms with van der Waals surface area (Å²) in [5.74, 6) is -3.66. The quantitative estimate of drug-likeness (QED) is 0.0759. The monoisotopic (exact) mass is 973 g/mol. The van der Waals surface area contributed by atoms with E-state index in [1.54, 1.807) is 60.6 Å². The number of hydrogen-bond acceptors (Lipinski definition) is 17. The number of aliphatic hydroxyl groups is 4. The van der Waals surface area contributed by atoms with Crippen molar-refractivity contribution in [1.29, 1.82) is 0 Å². The van der Waals surface area contributed by atoms with Crippen LogP contribution in [0.25, 0.3) is 0 Å². The van der Waals surface area contributed by atoms with Gasteiger partial charge in [-0.15, -0.1) is 0 Å². The normalized spacial score (nSPS) is 31.8. The molecule has 0 amide bonds. The number of aromatic hydroxyl groups is 2. The number of methoxy groups -OCH3 is 1. The lowest BCUT2D eigenvalue weighted by molar-refractivity contribution is -0.333. The summed E-state index contributed by atoms with van der Waals surface area (Å²) in [6.07, 6.45) is -1.44. The van der Waals surface area contributed by atoms with E-state index in [2.05, 4.69) is 0 Å². The Morgan fingerprint density at radius 3 is 2.22 bits per heavy atom. The minimum atomic E-state index is -1.57. The van der Waals surface area contributed by atoms with E-state index < -0.39 is 109 Å². The fraction of sp³-hybridized carbons (Fsp3) is 0.635. The molecule has 13 atom stereocenters. The van der Waals surface area contributed by atoms with Gasteiger partial charge in [-0.2, -0.15) is 0 Å². The molecule has 69 heavy (non-hydrogen) atoms. The van der Waals surface area contributed by atoms with Gasteiger partial charge in [-0.1, -0.05) is 70.6 Å². The van der Waals surface area contributed by atoms with E-state index in [9.17, 15) is 45.0 Å². The Bertz CT molecular complexity index is 2070. The molecule has 0 aliphatic carbocycles. The van der Waals surface area contributed by atoms with Gasteiger partial charge in [0.2, 0.25) is 0 Å². The van der Waals surface area contributed by atoms with Gasteiger partial charge in [-0.3, -0.25) is 4.79 Å². The number of cyclic esters (lactones) is 1. The molecule has 13 unspecified atom stereocenters. The summed E-state index contributed by atoms with van der Waals surface area (Å²) < 4.78 is 47.8. The van der Waals surface area contributed by atoms with Gasteiger partial charge in [0, 0.05) is 25.5 Å². The number of esters is 3. The van der Waals surface area contributed by atoms with Crippen molar-refractivity contribution in [2.75, 3.05) is 13.7 Å². The van der Waals surface area contributed by atoms with E-state index in [4.69, 9.17) is 37.9 Å². The van der Waals surface area contributed by atoms with Crippen molar-refractivity contribution < 1.29 is 82.9 Å². The minimum Gasteiger partial charge on any atom is -0.508 e. The number of aliphatic hydroxyl groups excluding tert-OH is 4. The van der Waals surface area contributed by atoms with Crippen LogP contribution in [0.15, 0.2) is 70.9 Å². The number of phenols is 2. The lowest BCUT2D eigenvalue weighted by Gasteiger charge is -2.47. The summed E-state index contributed by atoms with van der Waals surface area (Å²) in [7, 11) is 1.32. The number of phenolic OH excluding ortho intramolecular Hbond substituents is 2. The molecular weight excluding hydrogens is 897 g/mol. The Balaban J connectivity index is 1.57. The maximum absolute atomic E-state index is 13.9. The van der Waals surface area contributed by atoms with Crippen LogP contribution in [0.4, 0.5) is 0 Å². The Kier molecular flexibility index (Phi) is 21.2. The first-order valence-corrected chi connectivity index (χ1v) is 23.9. The summed E-state index contributed by atoms with van der Waals surface area (Å²) in [5.41, 5.74) is 1.26. The summed E-state index contributed by atoms with van der Waals surface area (Å²) in [5, 5.41) is 65.8. The van der Waals surface area contributed by atoms with E-state index in [1.807, 2.05) is 45.9 Å². The van der Waals surface area contributed by atoms with E-state index in [-0.39, 0.29) is 35.8 Å². The van der Waals surface area contributed by atoms with Gasteiger partial charge in [0.05, 0.1) is 36.4 Å². The molecule has 1 aromatic carbocycles. The van der Waals surface area contributed by atoms with Crippen LogP contribution in [0.5, 0.6) is 11.5 Å². The molecule has 0 radical (unpaired) electrons. The molecule has 0 saturated carbocycles. The van der Waals surface area contributed by atoms with Crippen LogP contribution >= 0.6 is 0 Å². The number of ether oxygens (including phenoxy) is 8. The van der Waals surface area contributed by atoms with Gasteiger partial charge in [0.15, 0.2) is 24.8 Å². The Morgan fingerprint density at radius 2 is 1.59 bits per heavy atom. The molecule has 386 valence electrons. The van der Waals surface area contributed by atoms with Crippen LogP contribution in [0.3, 0.4) is 0 Å². The van der Waals surface area contributed by atoms with Crippen LogP contribution < -0.4 is 0 Å². The van der Waals surface area contributed by atoms with Crippen LogP contribution in [-0.2, 0) is 53.9 Å². The molecule has 1 aromatic rings. The van der Waals surface area contributed by atoms with Crippen molar-refractivity contribution in [3.05, 3.63) is 82.0 Å². The minimum absolute atomic E-state index is 0.101. The standard InChI is InChI=1S/C52H76O17/c1-13-32-24-35(53)25-38(55)39(32)49(61)66-44-31(9)64-51(45(62-12)42(44)58)63-26-34-18-16-17-19-37(54)29(7)23-33(14-2)43(30(8)22-28(6)20-21-36(15-3)65-48(34)60)67-50-41(57)40(56)46(52(10,11)69-50)68-47(59)27(4)5/h16-18,20,22-25,27,31,33,36-37,40-46,50-51,53-58H,13-15,19,21,26H2,1-12H3. The van der Waals surface area contributed by atoms with E-state index in [0.29, 0.717) is 36.8 Å². The molecular formula is C52H76O17. The molecule has 2 saturated heterocycles. The topological polar surface area (TPSA) is 246 Å². The third-order valence-electron chi connectivity index (χ3n) is 12.7. The molecule has 17 heteroatoms. The Labute approximate surface area is 406 Å². The molecule has 3 aliphatic heterocycles. The zero-order valence-corrected chi connectivity index (χ0v) is 42.1. The fourth-order valence-electron chi connectivity index (χ4n) is 8.50. The van der Waals surface area contributed by atoms with E-state index in [0.717, 1.165) is 17.2 Å². The third-order valence-corrected chi connectivity index (χ3v) is 12.7. The Morgan fingerprint density at radius 1 is 0.899 bits per heavy atom. The number of benzene rings is 1. The highest BCUT2D eigenvalue weighted by Crippen LogP contribution is 2.37. The molecule has 4 rings (SSSR count). The lowest BCUT2D eigenvalue weighted by atomic mass is 9.88. The highest BCUT2D eigenvalue weighted by molar-refractivity contribution is 5.94. The summed E-state index contributed by atoms with van der Waals surface area (Å²) in [6.45, 7) is 19.1. The molecule has 0 aromatic heterocycles. The highest BCUT2D eigenvalue weighted by Gasteiger charge is 2.53. The highest BCUT2D eigenvalue weighted by atomic mass is 16.7. The predicted molar refractivity (Wildman–Crippen MR) is 254 cm³/mol. The molecule has 0 spiro atoms. The van der Waals surface area contributed by atoms with Gasteiger partial charge in [0.25, 0.3) is 0 Å². The van der Waals surface area contributed by atoms with Crippen molar-refractivity contribution in [2.24, 2.45) is 11.8 Å². The van der Waals surface area contributed by atoms with E-state index >= 15 is 0 Å². The molecule has 2 fully saturated rings. The summed E-state index contributed by atoms with van der Waals surface area (Å²) >= 11 is 0. The largest absolute Gasteiger partial charge is 0.508 e. The van der Waals surface area contributed by atoms with Crippen molar-refractivity contribution in [3.8, 4) is 11.5 Å². The average molecular weight is 973 g/mol. The number of aryl methyl sites for hydroxylation is 1. The number of carbonyl (C=O) groups excluding carboxylic acids is 3. The zero-order chi connectivity index (χ0) is 51.5. The van der Waals surface area contributed by atoms with Crippen molar-refractivity contribution in [3.63, 3.8) is 0 Å².